The van der Waals surface area contributed by atoms with Crippen molar-refractivity contribution in [3.05, 3.63) is 17.7 Å². The minimum absolute atomic E-state index is 0.0777. The van der Waals surface area contributed by atoms with Gasteiger partial charge in [-0.05, 0) is 6.07 Å². The minimum Gasteiger partial charge on any atom is -0.504 e. The van der Waals surface area contributed by atoms with Gasteiger partial charge in [0, 0.05) is 25.2 Å². The molecule has 0 heterocycles. The number of rotatable bonds is 7. The van der Waals surface area contributed by atoms with Gasteiger partial charge in [0.1, 0.15) is 0 Å². The summed E-state index contributed by atoms with van der Waals surface area (Å²) in [6.07, 6.45) is 0. The molecule has 108 valence electrons. The molecule has 0 spiro atoms. The van der Waals surface area contributed by atoms with Crippen molar-refractivity contribution in [1.29, 1.82) is 0 Å². The van der Waals surface area contributed by atoms with E-state index in [0.717, 1.165) is 0 Å². The van der Waals surface area contributed by atoms with Crippen molar-refractivity contribution in [2.75, 3.05) is 18.8 Å². The van der Waals surface area contributed by atoms with E-state index in [1.54, 1.807) is 6.92 Å². The average molecular weight is 290 g/mol. The highest BCUT2D eigenvalue weighted by atomic mass is 32.2. The van der Waals surface area contributed by atoms with E-state index in [9.17, 15) is 18.6 Å². The molecule has 0 saturated carbocycles. The van der Waals surface area contributed by atoms with Crippen molar-refractivity contribution >= 4 is 10.0 Å². The summed E-state index contributed by atoms with van der Waals surface area (Å²) in [5.41, 5.74) is 0.371. The fraction of sp³-hybridized carbons (Fsp3) is 0.455. The Morgan fingerprint density at radius 2 is 1.84 bits per heavy atom. The maximum absolute atomic E-state index is 11.3. The molecule has 0 unspecified atom stereocenters. The molecule has 0 atom stereocenters. The van der Waals surface area contributed by atoms with Gasteiger partial charge >= 0.3 is 0 Å². The third kappa shape index (κ3) is 4.58. The molecule has 0 aromatic heterocycles. The summed E-state index contributed by atoms with van der Waals surface area (Å²) in [5, 5.41) is 30.8. The molecule has 0 aliphatic heterocycles. The fourth-order valence-corrected chi connectivity index (χ4v) is 2.47. The lowest BCUT2D eigenvalue weighted by Crippen LogP contribution is -2.31. The van der Waals surface area contributed by atoms with Crippen LogP contribution in [-0.4, -0.2) is 42.6 Å². The average Bonchev–Trinajstić information content (AvgIpc) is 2.34. The normalized spacial score (nSPS) is 11.6. The Morgan fingerprint density at radius 1 is 1.16 bits per heavy atom. The predicted octanol–water partition coefficient (Wildman–Crippen LogP) is -0.168. The SMILES string of the molecule is CCNS(=O)(=O)CCNCc1ccc(O)c(O)c1O. The second-order valence-electron chi connectivity index (χ2n) is 3.93. The van der Waals surface area contributed by atoms with Crippen LogP contribution in [0.5, 0.6) is 17.2 Å². The van der Waals surface area contributed by atoms with E-state index in [4.69, 9.17) is 5.11 Å². The Kier molecular flexibility index (Phi) is 5.40. The van der Waals surface area contributed by atoms with E-state index in [0.29, 0.717) is 12.1 Å². The van der Waals surface area contributed by atoms with Crippen LogP contribution >= 0.6 is 0 Å². The molecule has 0 fully saturated rings. The number of hydrogen-bond acceptors (Lipinski definition) is 6. The highest BCUT2D eigenvalue weighted by molar-refractivity contribution is 7.89. The maximum atomic E-state index is 11.3. The number of sulfonamides is 1. The van der Waals surface area contributed by atoms with Gasteiger partial charge in [-0.3, -0.25) is 0 Å². The zero-order valence-electron chi connectivity index (χ0n) is 10.5. The Balaban J connectivity index is 2.49. The summed E-state index contributed by atoms with van der Waals surface area (Å²) in [6, 6.07) is 2.69. The van der Waals surface area contributed by atoms with Crippen LogP contribution < -0.4 is 10.0 Å². The van der Waals surface area contributed by atoms with Crippen LogP contribution in [0, 0.1) is 0 Å². The number of aromatic hydroxyl groups is 3. The Bertz CT molecular complexity index is 530. The second-order valence-corrected chi connectivity index (χ2v) is 5.86. The number of nitrogens with one attached hydrogen (secondary N) is 2. The molecular weight excluding hydrogens is 272 g/mol. The summed E-state index contributed by atoms with van der Waals surface area (Å²) in [4.78, 5) is 0. The predicted molar refractivity (Wildman–Crippen MR) is 70.6 cm³/mol. The zero-order valence-corrected chi connectivity index (χ0v) is 11.4. The molecule has 0 saturated heterocycles. The number of phenols is 3. The summed E-state index contributed by atoms with van der Waals surface area (Å²) in [6.45, 7) is 2.43. The first-order valence-electron chi connectivity index (χ1n) is 5.78. The molecule has 1 aromatic carbocycles. The molecule has 19 heavy (non-hydrogen) atoms. The molecular formula is C11H18N2O5S. The van der Waals surface area contributed by atoms with Crippen molar-refractivity contribution in [3.8, 4) is 17.2 Å². The monoisotopic (exact) mass is 290 g/mol. The lowest BCUT2D eigenvalue weighted by atomic mass is 10.1. The van der Waals surface area contributed by atoms with E-state index >= 15 is 0 Å². The van der Waals surface area contributed by atoms with Crippen LogP contribution in [0.25, 0.3) is 0 Å². The summed E-state index contributed by atoms with van der Waals surface area (Å²) < 4.78 is 25.0. The van der Waals surface area contributed by atoms with Gasteiger partial charge in [0.15, 0.2) is 11.5 Å². The van der Waals surface area contributed by atoms with Crippen LogP contribution in [0.4, 0.5) is 0 Å². The summed E-state index contributed by atoms with van der Waals surface area (Å²) in [7, 11) is -3.28. The van der Waals surface area contributed by atoms with Crippen molar-refractivity contribution in [2.45, 2.75) is 13.5 Å². The second kappa shape index (κ2) is 6.60. The molecule has 1 rings (SSSR count). The smallest absolute Gasteiger partial charge is 0.212 e. The molecule has 5 N–H and O–H groups in total. The van der Waals surface area contributed by atoms with Gasteiger partial charge in [0.25, 0.3) is 0 Å². The molecule has 0 amide bonds. The van der Waals surface area contributed by atoms with Gasteiger partial charge < -0.3 is 20.6 Å². The van der Waals surface area contributed by atoms with Gasteiger partial charge in [-0.1, -0.05) is 13.0 Å². The molecule has 1 aromatic rings. The van der Waals surface area contributed by atoms with Gasteiger partial charge in [0.05, 0.1) is 5.75 Å². The van der Waals surface area contributed by atoms with Gasteiger partial charge in [0.2, 0.25) is 15.8 Å². The summed E-state index contributed by atoms with van der Waals surface area (Å²) >= 11 is 0. The van der Waals surface area contributed by atoms with Crippen LogP contribution in [0.2, 0.25) is 0 Å². The third-order valence-electron chi connectivity index (χ3n) is 2.44. The van der Waals surface area contributed by atoms with E-state index < -0.39 is 27.3 Å². The first-order chi connectivity index (χ1) is 8.87. The fourth-order valence-electron chi connectivity index (χ4n) is 1.48. The molecule has 0 aliphatic carbocycles. The summed E-state index contributed by atoms with van der Waals surface area (Å²) in [5.74, 6) is -1.48. The molecule has 8 heteroatoms. The molecule has 0 bridgehead atoms. The van der Waals surface area contributed by atoms with Crippen molar-refractivity contribution < 1.29 is 23.7 Å². The number of hydrogen-bond donors (Lipinski definition) is 5. The van der Waals surface area contributed by atoms with E-state index in [-0.39, 0.29) is 18.8 Å². The Hall–Kier alpha value is -1.51. The van der Waals surface area contributed by atoms with Crippen molar-refractivity contribution in [3.63, 3.8) is 0 Å². The van der Waals surface area contributed by atoms with Crippen LogP contribution in [-0.2, 0) is 16.6 Å². The number of benzene rings is 1. The van der Waals surface area contributed by atoms with E-state index in [1.807, 2.05) is 0 Å². The lowest BCUT2D eigenvalue weighted by Gasteiger charge is -2.09. The standard InChI is InChI=1S/C11H18N2O5S/c1-2-13-19(17,18)6-5-12-7-8-3-4-9(14)11(16)10(8)15/h3-4,12-16H,2,5-7H2,1H3. The largest absolute Gasteiger partial charge is 0.504 e. The molecule has 0 radical (unpaired) electrons. The Morgan fingerprint density at radius 3 is 2.47 bits per heavy atom. The lowest BCUT2D eigenvalue weighted by molar-refractivity contribution is 0.364. The number of phenolic OH excluding ortho intramolecular Hbond substituents is 3. The zero-order chi connectivity index (χ0) is 14.5. The quantitative estimate of drug-likeness (QED) is 0.351. The van der Waals surface area contributed by atoms with E-state index in [2.05, 4.69) is 10.0 Å². The topological polar surface area (TPSA) is 119 Å². The van der Waals surface area contributed by atoms with Gasteiger partial charge in [-0.2, -0.15) is 0 Å². The van der Waals surface area contributed by atoms with Crippen molar-refractivity contribution in [2.24, 2.45) is 0 Å². The highest BCUT2D eigenvalue weighted by Crippen LogP contribution is 2.36. The van der Waals surface area contributed by atoms with Crippen molar-refractivity contribution in [1.82, 2.24) is 10.0 Å². The first-order valence-corrected chi connectivity index (χ1v) is 7.43. The first kappa shape index (κ1) is 15.5. The Labute approximate surface area is 111 Å². The third-order valence-corrected chi connectivity index (χ3v) is 3.91. The molecule has 7 nitrogen and oxygen atoms in total. The van der Waals surface area contributed by atoms with Gasteiger partial charge in [-0.25, -0.2) is 13.1 Å². The minimum atomic E-state index is -3.28. The van der Waals surface area contributed by atoms with E-state index in [1.165, 1.54) is 12.1 Å². The van der Waals surface area contributed by atoms with Crippen LogP contribution in [0.1, 0.15) is 12.5 Å². The van der Waals surface area contributed by atoms with Crippen LogP contribution in [0.3, 0.4) is 0 Å². The van der Waals surface area contributed by atoms with Gasteiger partial charge in [-0.15, -0.1) is 0 Å². The van der Waals surface area contributed by atoms with Crippen LogP contribution in [0.15, 0.2) is 12.1 Å². The molecule has 0 aliphatic rings. The maximum Gasteiger partial charge on any atom is 0.212 e. The highest BCUT2D eigenvalue weighted by Gasteiger charge is 2.11.